The minimum absolute atomic E-state index is 0.0115. The molecule has 394 valence electrons. The van der Waals surface area contributed by atoms with Gasteiger partial charge in [0.05, 0.1) is 0 Å². The molecule has 0 bridgehead atoms. The molecule has 8 aromatic carbocycles. The topological polar surface area (TPSA) is 9.72 Å². The molecule has 2 aliphatic carbocycles. The minimum Gasteiger partial charge on any atom is -0.311 e. The number of benzene rings is 8. The number of fused-ring (bicyclic) bond motifs is 9. The zero-order chi connectivity index (χ0) is 57.5. The van der Waals surface area contributed by atoms with Crippen LogP contribution in [0.1, 0.15) is 165 Å². The van der Waals surface area contributed by atoms with E-state index in [4.69, 9.17) is 0 Å². The SMILES string of the molecule is [2H]C([2H])([2H])c1cc2c3c(c1)N(c1cc4c(cc1C)C(C)(C)CCC4(C)C)c1cc4c(cc1B3c1ccc(N(c3ccc(C(C)(C)C)cc3)c3ccc(C(C)(C)C)cc3)cc1N2c1ccc2c(c1)sc1ccccc12)C(C)(C)CC4(C)C. The molecule has 0 fully saturated rings. The van der Waals surface area contributed by atoms with Gasteiger partial charge in [-0.05, 0) is 205 Å². The van der Waals surface area contributed by atoms with Crippen molar-refractivity contribution in [3.8, 4) is 0 Å². The van der Waals surface area contributed by atoms with Crippen molar-refractivity contribution in [3.63, 3.8) is 0 Å². The largest absolute Gasteiger partial charge is 0.311 e. The molecule has 9 aromatic rings. The molecular weight excluding hydrogens is 962 g/mol. The normalized spacial score (nSPS) is 18.1. The van der Waals surface area contributed by atoms with E-state index >= 15 is 0 Å². The Morgan fingerprint density at radius 3 is 1.63 bits per heavy atom. The van der Waals surface area contributed by atoms with E-state index in [0.29, 0.717) is 5.56 Å². The monoisotopic (exact) mass is 1040 g/mol. The highest BCUT2D eigenvalue weighted by Crippen LogP contribution is 2.55. The maximum absolute atomic E-state index is 9.37. The summed E-state index contributed by atoms with van der Waals surface area (Å²) in [5.41, 5.74) is 22.3. The zero-order valence-corrected chi connectivity index (χ0v) is 49.6. The summed E-state index contributed by atoms with van der Waals surface area (Å²) in [6.45, 7) is 32.6. The van der Waals surface area contributed by atoms with Crippen molar-refractivity contribution >= 4 is 106 Å². The third-order valence-electron chi connectivity index (χ3n) is 18.8. The zero-order valence-electron chi connectivity index (χ0n) is 51.8. The van der Waals surface area contributed by atoms with Crippen LogP contribution in [0.4, 0.5) is 51.2 Å². The number of anilines is 9. The number of nitrogens with zero attached hydrogens (tertiary/aromatic N) is 3. The average Bonchev–Trinajstić information content (AvgIpc) is 2.11. The van der Waals surface area contributed by atoms with Gasteiger partial charge in [-0.2, -0.15) is 0 Å². The molecule has 5 heteroatoms. The van der Waals surface area contributed by atoms with Crippen LogP contribution in [0.2, 0.25) is 0 Å². The van der Waals surface area contributed by atoms with Crippen molar-refractivity contribution in [1.82, 2.24) is 0 Å². The second kappa shape index (κ2) is 17.0. The van der Waals surface area contributed by atoms with Crippen LogP contribution in [0.15, 0.2) is 146 Å². The van der Waals surface area contributed by atoms with Gasteiger partial charge in [0, 0.05) is 75.5 Å². The Balaban J connectivity index is 1.14. The van der Waals surface area contributed by atoms with E-state index in [1.807, 2.05) is 23.5 Å². The van der Waals surface area contributed by atoms with Gasteiger partial charge in [-0.15, -0.1) is 11.3 Å². The average molecular weight is 1040 g/mol. The molecule has 0 saturated carbocycles. The number of rotatable bonds is 5. The standard InChI is InChI=1S/C73H78BN3S/c1-44-35-63-67-64(36-44)77(60-41-56-54(37-45(60)2)70(9,10)33-34-71(56,11)12)62-42-57-55(72(13,14)43-73(57,15)16)40-59(62)74(67)58-32-30-50(38-61(58)76(63)51-29-31-53-52-19-17-18-20-65(52)78-66(53)39-51)75(48-25-21-46(22-26-48)68(3,4)5)49-27-23-47(24-28-49)69(6,7)8/h17-32,35-42H,33-34,43H2,1-16H3/i1D3. The number of hydrogen-bond acceptors (Lipinski definition) is 4. The molecular formula is C73H78BN3S. The van der Waals surface area contributed by atoms with Crippen LogP contribution >= 0.6 is 11.3 Å². The molecule has 0 atom stereocenters. The molecule has 3 heterocycles. The number of aryl methyl sites for hydroxylation is 2. The highest BCUT2D eigenvalue weighted by molar-refractivity contribution is 7.25. The summed E-state index contributed by atoms with van der Waals surface area (Å²) in [4.78, 5) is 7.33. The fourth-order valence-electron chi connectivity index (χ4n) is 14.6. The van der Waals surface area contributed by atoms with Gasteiger partial charge in [-0.1, -0.05) is 164 Å². The second-order valence-corrected chi connectivity index (χ2v) is 29.4. The van der Waals surface area contributed by atoms with Gasteiger partial charge in [-0.3, -0.25) is 0 Å². The molecule has 13 rings (SSSR count). The summed E-state index contributed by atoms with van der Waals surface area (Å²) in [5, 5.41) is 2.47. The summed E-state index contributed by atoms with van der Waals surface area (Å²) in [5.74, 6) is 0. The van der Waals surface area contributed by atoms with Crippen molar-refractivity contribution in [1.29, 1.82) is 0 Å². The maximum atomic E-state index is 9.37. The van der Waals surface area contributed by atoms with E-state index < -0.39 is 6.85 Å². The van der Waals surface area contributed by atoms with Gasteiger partial charge in [0.1, 0.15) is 0 Å². The molecule has 3 nitrogen and oxygen atoms in total. The van der Waals surface area contributed by atoms with Crippen molar-refractivity contribution < 1.29 is 4.11 Å². The fourth-order valence-corrected chi connectivity index (χ4v) is 15.7. The maximum Gasteiger partial charge on any atom is 0.252 e. The molecule has 0 amide bonds. The molecule has 2 aliphatic heterocycles. The first-order valence-corrected chi connectivity index (χ1v) is 29.4. The Morgan fingerprint density at radius 1 is 0.487 bits per heavy atom. The third-order valence-corrected chi connectivity index (χ3v) is 19.9. The lowest BCUT2D eigenvalue weighted by Crippen LogP contribution is -2.61. The van der Waals surface area contributed by atoms with E-state index in [2.05, 4.69) is 252 Å². The predicted molar refractivity (Wildman–Crippen MR) is 341 cm³/mol. The van der Waals surface area contributed by atoms with Crippen molar-refractivity contribution in [3.05, 3.63) is 190 Å². The predicted octanol–water partition coefficient (Wildman–Crippen LogP) is 19.1. The van der Waals surface area contributed by atoms with Gasteiger partial charge in [0.15, 0.2) is 0 Å². The second-order valence-electron chi connectivity index (χ2n) is 28.3. The number of hydrogen-bond donors (Lipinski definition) is 0. The summed E-state index contributed by atoms with van der Waals surface area (Å²) >= 11 is 1.82. The van der Waals surface area contributed by atoms with E-state index in [0.717, 1.165) is 75.9 Å². The van der Waals surface area contributed by atoms with Gasteiger partial charge < -0.3 is 14.7 Å². The fraction of sp³-hybridized carbons (Fsp3) is 0.342. The van der Waals surface area contributed by atoms with E-state index in [1.54, 1.807) is 0 Å². The van der Waals surface area contributed by atoms with Gasteiger partial charge in [0.25, 0.3) is 6.71 Å². The van der Waals surface area contributed by atoms with E-state index in [-0.39, 0.29) is 39.2 Å². The van der Waals surface area contributed by atoms with Crippen LogP contribution in [-0.2, 0) is 32.5 Å². The smallest absolute Gasteiger partial charge is 0.252 e. The first-order valence-electron chi connectivity index (χ1n) is 30.1. The van der Waals surface area contributed by atoms with Gasteiger partial charge in [-0.25, -0.2) is 0 Å². The summed E-state index contributed by atoms with van der Waals surface area (Å²) < 4.78 is 30.5. The lowest BCUT2D eigenvalue weighted by Gasteiger charge is -2.46. The van der Waals surface area contributed by atoms with Crippen LogP contribution in [-0.4, -0.2) is 6.71 Å². The lowest BCUT2D eigenvalue weighted by atomic mass is 9.33. The van der Waals surface area contributed by atoms with Crippen molar-refractivity contribution in [2.75, 3.05) is 14.7 Å². The summed E-state index contributed by atoms with van der Waals surface area (Å²) in [6.07, 6.45) is 3.25. The Bertz CT molecular complexity index is 4010. The highest BCUT2D eigenvalue weighted by Gasteiger charge is 2.49. The van der Waals surface area contributed by atoms with Crippen molar-refractivity contribution in [2.24, 2.45) is 0 Å². The Kier molecular flexibility index (Phi) is 10.3. The van der Waals surface area contributed by atoms with Crippen LogP contribution in [0.5, 0.6) is 0 Å². The quantitative estimate of drug-likeness (QED) is 0.159. The van der Waals surface area contributed by atoms with E-state index in [1.165, 1.54) is 70.0 Å². The Hall–Kier alpha value is -6.56. The Morgan fingerprint density at radius 2 is 1.01 bits per heavy atom. The molecule has 0 radical (unpaired) electrons. The van der Waals surface area contributed by atoms with Crippen molar-refractivity contribution in [2.45, 2.75) is 162 Å². The summed E-state index contributed by atoms with van der Waals surface area (Å²) in [6, 6.07) is 55.1. The number of thiophene rings is 1. The third kappa shape index (κ3) is 7.86. The highest BCUT2D eigenvalue weighted by atomic mass is 32.1. The molecule has 0 spiro atoms. The van der Waals surface area contributed by atoms with E-state index in [9.17, 15) is 4.11 Å². The van der Waals surface area contributed by atoms with Gasteiger partial charge >= 0.3 is 0 Å². The molecule has 0 unspecified atom stereocenters. The molecule has 0 saturated heterocycles. The van der Waals surface area contributed by atoms with Crippen LogP contribution in [0, 0.1) is 13.8 Å². The minimum atomic E-state index is -2.41. The first-order chi connectivity index (χ1) is 37.9. The molecule has 0 N–H and O–H groups in total. The lowest BCUT2D eigenvalue weighted by molar-refractivity contribution is 0.332. The molecule has 78 heavy (non-hydrogen) atoms. The summed E-state index contributed by atoms with van der Waals surface area (Å²) in [7, 11) is 0. The Labute approximate surface area is 474 Å². The van der Waals surface area contributed by atoms with Crippen LogP contribution in [0.3, 0.4) is 0 Å². The molecule has 1 aromatic heterocycles. The van der Waals surface area contributed by atoms with Crippen LogP contribution < -0.4 is 31.1 Å². The molecule has 4 aliphatic rings. The van der Waals surface area contributed by atoms with Gasteiger partial charge in [0.2, 0.25) is 0 Å². The first kappa shape index (κ1) is 47.4. The van der Waals surface area contributed by atoms with Crippen LogP contribution in [0.25, 0.3) is 20.2 Å².